The molecule has 104 valence electrons. The van der Waals surface area contributed by atoms with E-state index in [9.17, 15) is 22.8 Å². The Morgan fingerprint density at radius 1 is 1.26 bits per heavy atom. The molecule has 0 aromatic heterocycles. The van der Waals surface area contributed by atoms with Crippen molar-refractivity contribution < 1.29 is 27.9 Å². The second-order valence-electron chi connectivity index (χ2n) is 4.09. The van der Waals surface area contributed by atoms with E-state index in [4.69, 9.17) is 5.11 Å². The van der Waals surface area contributed by atoms with E-state index in [0.717, 1.165) is 11.0 Å². The summed E-state index contributed by atoms with van der Waals surface area (Å²) in [5, 5.41) is 8.60. The van der Waals surface area contributed by atoms with Crippen molar-refractivity contribution in [3.05, 3.63) is 35.1 Å². The van der Waals surface area contributed by atoms with Gasteiger partial charge in [-0.1, -0.05) is 0 Å². The molecule has 0 saturated carbocycles. The molecule has 0 heterocycles. The van der Waals surface area contributed by atoms with Crippen LogP contribution in [0.25, 0.3) is 0 Å². The maximum absolute atomic E-state index is 13.4. The van der Waals surface area contributed by atoms with E-state index in [-0.39, 0.29) is 6.42 Å². The van der Waals surface area contributed by atoms with Crippen LogP contribution in [0.3, 0.4) is 0 Å². The average Bonchev–Trinajstić information content (AvgIpc) is 2.33. The molecule has 0 aliphatic carbocycles. The van der Waals surface area contributed by atoms with E-state index in [2.05, 4.69) is 0 Å². The topological polar surface area (TPSA) is 57.6 Å². The zero-order valence-electron chi connectivity index (χ0n) is 10.3. The van der Waals surface area contributed by atoms with E-state index in [0.29, 0.717) is 6.07 Å². The fourth-order valence-corrected chi connectivity index (χ4v) is 1.47. The lowest BCUT2D eigenvalue weighted by molar-refractivity contribution is -0.137. The monoisotopic (exact) mass is 275 g/mol. The highest BCUT2D eigenvalue weighted by atomic mass is 19.2. The Kier molecular flexibility index (Phi) is 4.52. The summed E-state index contributed by atoms with van der Waals surface area (Å²) in [6.45, 7) is 1.45. The van der Waals surface area contributed by atoms with Gasteiger partial charge in [0.2, 0.25) is 0 Å². The van der Waals surface area contributed by atoms with Crippen LogP contribution in [0, 0.1) is 17.5 Å². The van der Waals surface area contributed by atoms with Gasteiger partial charge in [-0.25, -0.2) is 13.2 Å². The molecule has 0 fully saturated rings. The first-order valence-corrected chi connectivity index (χ1v) is 5.38. The number of benzene rings is 1. The van der Waals surface area contributed by atoms with Gasteiger partial charge in [-0.05, 0) is 19.1 Å². The van der Waals surface area contributed by atoms with Gasteiger partial charge in [0.05, 0.1) is 12.0 Å². The highest BCUT2D eigenvalue weighted by Gasteiger charge is 2.24. The summed E-state index contributed by atoms with van der Waals surface area (Å²) in [6.07, 6.45) is -0.340. The highest BCUT2D eigenvalue weighted by molar-refractivity contribution is 5.94. The molecule has 4 nitrogen and oxygen atoms in total. The summed E-state index contributed by atoms with van der Waals surface area (Å²) in [7, 11) is 1.26. The van der Waals surface area contributed by atoms with E-state index < -0.39 is 40.9 Å². The molecular formula is C12H12F3NO3. The molecular weight excluding hydrogens is 263 g/mol. The molecule has 0 aliphatic heterocycles. The van der Waals surface area contributed by atoms with Crippen LogP contribution >= 0.6 is 0 Å². The number of hydrogen-bond acceptors (Lipinski definition) is 2. The summed E-state index contributed by atoms with van der Waals surface area (Å²) in [5.41, 5.74) is -0.640. The Morgan fingerprint density at radius 3 is 2.37 bits per heavy atom. The standard InChI is InChI=1S/C12H12F3NO3/c1-6(5-9(17)18)16(2)12(19)7-3-4-8(13)11(15)10(7)14/h3-4,6H,5H2,1-2H3,(H,17,18). The second-order valence-corrected chi connectivity index (χ2v) is 4.09. The number of amides is 1. The van der Waals surface area contributed by atoms with Crippen molar-refractivity contribution >= 4 is 11.9 Å². The van der Waals surface area contributed by atoms with Crippen LogP contribution in [0.15, 0.2) is 12.1 Å². The zero-order chi connectivity index (χ0) is 14.7. The minimum absolute atomic E-state index is 0.340. The van der Waals surface area contributed by atoms with Crippen molar-refractivity contribution in [1.82, 2.24) is 4.90 Å². The third-order valence-corrected chi connectivity index (χ3v) is 2.72. The van der Waals surface area contributed by atoms with Gasteiger partial charge in [0.25, 0.3) is 5.91 Å². The summed E-state index contributed by atoms with van der Waals surface area (Å²) < 4.78 is 39.2. The molecule has 1 atom stereocenters. The van der Waals surface area contributed by atoms with Crippen LogP contribution in [-0.4, -0.2) is 35.0 Å². The van der Waals surface area contributed by atoms with Crippen LogP contribution in [0.1, 0.15) is 23.7 Å². The summed E-state index contributed by atoms with van der Waals surface area (Å²) >= 11 is 0. The van der Waals surface area contributed by atoms with Crippen molar-refractivity contribution in [3.8, 4) is 0 Å². The lowest BCUT2D eigenvalue weighted by atomic mass is 10.1. The summed E-state index contributed by atoms with van der Waals surface area (Å²) in [6, 6.07) is 0.749. The number of carbonyl (C=O) groups is 2. The molecule has 19 heavy (non-hydrogen) atoms. The lowest BCUT2D eigenvalue weighted by Crippen LogP contribution is -2.37. The number of nitrogens with zero attached hydrogens (tertiary/aromatic N) is 1. The van der Waals surface area contributed by atoms with Crippen LogP contribution in [0.2, 0.25) is 0 Å². The van der Waals surface area contributed by atoms with Crippen molar-refractivity contribution in [2.75, 3.05) is 7.05 Å². The molecule has 7 heteroatoms. The molecule has 0 radical (unpaired) electrons. The van der Waals surface area contributed by atoms with E-state index in [1.165, 1.54) is 14.0 Å². The number of carboxylic acid groups (broad SMARTS) is 1. The Bertz CT molecular complexity index is 519. The lowest BCUT2D eigenvalue weighted by Gasteiger charge is -2.23. The zero-order valence-corrected chi connectivity index (χ0v) is 10.3. The fourth-order valence-electron chi connectivity index (χ4n) is 1.47. The molecule has 0 saturated heterocycles. The third kappa shape index (κ3) is 3.24. The normalized spacial score (nSPS) is 12.1. The maximum atomic E-state index is 13.4. The van der Waals surface area contributed by atoms with Crippen molar-refractivity contribution in [2.45, 2.75) is 19.4 Å². The molecule has 1 unspecified atom stereocenters. The number of hydrogen-bond donors (Lipinski definition) is 1. The average molecular weight is 275 g/mol. The first-order valence-electron chi connectivity index (χ1n) is 5.38. The number of rotatable bonds is 4. The molecule has 1 aromatic carbocycles. The van der Waals surface area contributed by atoms with Crippen LogP contribution in [0.4, 0.5) is 13.2 Å². The predicted molar refractivity (Wildman–Crippen MR) is 60.1 cm³/mol. The quantitative estimate of drug-likeness (QED) is 0.855. The van der Waals surface area contributed by atoms with Gasteiger partial charge in [0, 0.05) is 13.1 Å². The Labute approximate surface area is 107 Å². The van der Waals surface area contributed by atoms with Crippen LogP contribution in [0.5, 0.6) is 0 Å². The smallest absolute Gasteiger partial charge is 0.305 e. The van der Waals surface area contributed by atoms with Gasteiger partial charge in [-0.3, -0.25) is 9.59 Å². The van der Waals surface area contributed by atoms with Crippen molar-refractivity contribution in [1.29, 1.82) is 0 Å². The van der Waals surface area contributed by atoms with Gasteiger partial charge < -0.3 is 10.0 Å². The minimum Gasteiger partial charge on any atom is -0.481 e. The molecule has 0 bridgehead atoms. The molecule has 0 spiro atoms. The number of carbonyl (C=O) groups excluding carboxylic acids is 1. The fraction of sp³-hybridized carbons (Fsp3) is 0.333. The van der Waals surface area contributed by atoms with E-state index in [1.807, 2.05) is 0 Å². The van der Waals surface area contributed by atoms with Crippen LogP contribution < -0.4 is 0 Å². The first-order chi connectivity index (χ1) is 8.75. The number of aliphatic carboxylic acids is 1. The predicted octanol–water partition coefficient (Wildman–Crippen LogP) is 2.04. The third-order valence-electron chi connectivity index (χ3n) is 2.72. The Balaban J connectivity index is 3.01. The molecule has 1 rings (SSSR count). The van der Waals surface area contributed by atoms with Gasteiger partial charge >= 0.3 is 5.97 Å². The van der Waals surface area contributed by atoms with Gasteiger partial charge in [-0.15, -0.1) is 0 Å². The number of carboxylic acids is 1. The van der Waals surface area contributed by atoms with Crippen molar-refractivity contribution in [2.24, 2.45) is 0 Å². The second kappa shape index (κ2) is 5.73. The van der Waals surface area contributed by atoms with Gasteiger partial charge in [0.1, 0.15) is 0 Å². The Morgan fingerprint density at radius 2 is 1.84 bits per heavy atom. The summed E-state index contributed by atoms with van der Waals surface area (Å²) in [4.78, 5) is 23.3. The van der Waals surface area contributed by atoms with E-state index in [1.54, 1.807) is 0 Å². The first kappa shape index (κ1) is 15.0. The van der Waals surface area contributed by atoms with E-state index >= 15 is 0 Å². The number of halogens is 3. The minimum atomic E-state index is -1.73. The molecule has 0 aliphatic rings. The van der Waals surface area contributed by atoms with Gasteiger partial charge in [-0.2, -0.15) is 0 Å². The summed E-state index contributed by atoms with van der Waals surface area (Å²) in [5.74, 6) is -6.75. The van der Waals surface area contributed by atoms with Crippen molar-refractivity contribution in [3.63, 3.8) is 0 Å². The molecule has 1 aromatic rings. The SMILES string of the molecule is CC(CC(=O)O)N(C)C(=O)c1ccc(F)c(F)c1F. The Hall–Kier alpha value is -2.05. The van der Waals surface area contributed by atoms with Crippen LogP contribution in [-0.2, 0) is 4.79 Å². The maximum Gasteiger partial charge on any atom is 0.305 e. The molecule has 1 amide bonds. The highest BCUT2D eigenvalue weighted by Crippen LogP contribution is 2.17. The molecule has 1 N–H and O–H groups in total. The largest absolute Gasteiger partial charge is 0.481 e. The van der Waals surface area contributed by atoms with Gasteiger partial charge in [0.15, 0.2) is 17.5 Å².